The zero-order chi connectivity index (χ0) is 23.4. The Bertz CT molecular complexity index is 1020. The molecule has 0 radical (unpaired) electrons. The molecule has 1 amide bonds. The van der Waals surface area contributed by atoms with E-state index in [-0.39, 0.29) is 29.8 Å². The van der Waals surface area contributed by atoms with Crippen LogP contribution in [0.5, 0.6) is 0 Å². The van der Waals surface area contributed by atoms with Crippen molar-refractivity contribution in [1.82, 2.24) is 9.80 Å². The Balaban J connectivity index is 1.85. The average molecular weight is 456 g/mol. The summed E-state index contributed by atoms with van der Waals surface area (Å²) in [6, 6.07) is 12.6. The molecule has 1 N–H and O–H groups in total. The monoisotopic (exact) mass is 455 g/mol. The number of nitro groups is 1. The Kier molecular flexibility index (Phi) is 7.71. The molecule has 7 nitrogen and oxygen atoms in total. The minimum Gasteiger partial charge on any atom is -0.395 e. The van der Waals surface area contributed by atoms with E-state index in [4.69, 9.17) is 0 Å². The fraction of sp³-hybridized carbons (Fsp3) is 0.375. The summed E-state index contributed by atoms with van der Waals surface area (Å²) in [5, 5.41) is 21.4. The third-order valence-corrected chi connectivity index (χ3v) is 6.96. The first kappa shape index (κ1) is 24.0. The zero-order valence-electron chi connectivity index (χ0n) is 18.7. The minimum atomic E-state index is -0.417. The molecule has 0 aliphatic carbocycles. The zero-order valence-corrected chi connectivity index (χ0v) is 19.5. The predicted molar refractivity (Wildman–Crippen MR) is 127 cm³/mol. The summed E-state index contributed by atoms with van der Waals surface area (Å²) in [6.07, 6.45) is 0. The number of aliphatic hydroxyl groups excluding tert-OH is 1. The molecule has 2 aromatic rings. The lowest BCUT2D eigenvalue weighted by Gasteiger charge is -2.38. The van der Waals surface area contributed by atoms with Gasteiger partial charge in [0, 0.05) is 36.2 Å². The number of amides is 1. The van der Waals surface area contributed by atoms with Gasteiger partial charge in [-0.3, -0.25) is 19.8 Å². The van der Waals surface area contributed by atoms with Gasteiger partial charge in [0.1, 0.15) is 0 Å². The molecule has 32 heavy (non-hydrogen) atoms. The van der Waals surface area contributed by atoms with Crippen molar-refractivity contribution in [3.05, 3.63) is 70.3 Å². The van der Waals surface area contributed by atoms with Crippen molar-refractivity contribution in [1.29, 1.82) is 0 Å². The number of nitrogens with zero attached hydrogens (tertiary/aromatic N) is 3. The number of benzene rings is 2. The fourth-order valence-corrected chi connectivity index (χ4v) is 4.92. The molecule has 1 aliphatic rings. The van der Waals surface area contributed by atoms with E-state index in [1.807, 2.05) is 36.2 Å². The first-order valence-electron chi connectivity index (χ1n) is 10.6. The van der Waals surface area contributed by atoms with Crippen LogP contribution in [-0.4, -0.2) is 65.1 Å². The summed E-state index contributed by atoms with van der Waals surface area (Å²) >= 11 is 1.36. The number of piperazine rings is 1. The molecule has 2 aromatic carbocycles. The smallest absolute Gasteiger partial charge is 0.283 e. The van der Waals surface area contributed by atoms with Gasteiger partial charge in [-0.1, -0.05) is 56.5 Å². The molecule has 170 valence electrons. The molecule has 1 fully saturated rings. The van der Waals surface area contributed by atoms with Gasteiger partial charge >= 0.3 is 0 Å². The lowest BCUT2D eigenvalue weighted by molar-refractivity contribution is -0.387. The number of carbonyl (C=O) groups is 1. The van der Waals surface area contributed by atoms with Gasteiger partial charge in [-0.15, -0.1) is 0 Å². The van der Waals surface area contributed by atoms with Gasteiger partial charge in [0.15, 0.2) is 0 Å². The lowest BCUT2D eigenvalue weighted by Crippen LogP contribution is -2.54. The van der Waals surface area contributed by atoms with Crippen LogP contribution in [0.15, 0.2) is 58.8 Å². The molecule has 1 atom stereocenters. The molecule has 3 rings (SSSR count). The van der Waals surface area contributed by atoms with Crippen LogP contribution in [0.4, 0.5) is 5.69 Å². The fourth-order valence-electron chi connectivity index (χ4n) is 3.74. The Morgan fingerprint density at radius 1 is 1.25 bits per heavy atom. The van der Waals surface area contributed by atoms with Crippen molar-refractivity contribution in [2.45, 2.75) is 35.6 Å². The minimum absolute atomic E-state index is 0.0397. The van der Waals surface area contributed by atoms with E-state index in [1.165, 1.54) is 17.8 Å². The standard InChI is InChI=1S/C24H29N3O4S/c1-16(2)20-7-5-6-8-22(20)32-23-10-9-18(13-21(23)27(30)31)17(3)24(29)26-12-11-25(4)19(14-26)15-28/h5-10,13,16,19,28H,3,11-12,14-15H2,1-2,4H3. The Hall–Kier alpha value is -2.68. The van der Waals surface area contributed by atoms with E-state index in [0.717, 1.165) is 10.5 Å². The molecule has 1 saturated heterocycles. The summed E-state index contributed by atoms with van der Waals surface area (Å²) in [4.78, 5) is 29.6. The van der Waals surface area contributed by atoms with Crippen LogP contribution in [0.1, 0.15) is 30.9 Å². The second kappa shape index (κ2) is 10.3. The van der Waals surface area contributed by atoms with Crippen LogP contribution in [0.2, 0.25) is 0 Å². The van der Waals surface area contributed by atoms with Crippen LogP contribution in [0.25, 0.3) is 5.57 Å². The van der Waals surface area contributed by atoms with Crippen molar-refractivity contribution in [3.63, 3.8) is 0 Å². The predicted octanol–water partition coefficient (Wildman–Crippen LogP) is 4.02. The topological polar surface area (TPSA) is 86.9 Å². The molecule has 8 heteroatoms. The number of hydrogen-bond acceptors (Lipinski definition) is 6. The van der Waals surface area contributed by atoms with Crippen LogP contribution in [0, 0.1) is 10.1 Å². The van der Waals surface area contributed by atoms with Crippen LogP contribution in [-0.2, 0) is 4.79 Å². The highest BCUT2D eigenvalue weighted by molar-refractivity contribution is 7.99. The maximum Gasteiger partial charge on any atom is 0.283 e. The number of rotatable bonds is 7. The van der Waals surface area contributed by atoms with Crippen LogP contribution in [0.3, 0.4) is 0 Å². The van der Waals surface area contributed by atoms with E-state index < -0.39 is 4.92 Å². The highest BCUT2D eigenvalue weighted by Crippen LogP contribution is 2.39. The van der Waals surface area contributed by atoms with E-state index in [2.05, 4.69) is 20.4 Å². The molecule has 0 bridgehead atoms. The van der Waals surface area contributed by atoms with E-state index in [1.54, 1.807) is 17.0 Å². The molecule has 1 heterocycles. The van der Waals surface area contributed by atoms with Crippen molar-refractivity contribution in [2.24, 2.45) is 0 Å². The second-order valence-corrected chi connectivity index (χ2v) is 9.36. The summed E-state index contributed by atoms with van der Waals surface area (Å²) in [6.45, 7) is 9.63. The first-order chi connectivity index (χ1) is 15.2. The Labute approximate surface area is 192 Å². The highest BCUT2D eigenvalue weighted by Gasteiger charge is 2.29. The highest BCUT2D eigenvalue weighted by atomic mass is 32.2. The van der Waals surface area contributed by atoms with E-state index in [9.17, 15) is 20.0 Å². The number of likely N-dealkylation sites (N-methyl/N-ethyl adjacent to an activating group) is 1. The van der Waals surface area contributed by atoms with Crippen LogP contribution < -0.4 is 0 Å². The molecular weight excluding hydrogens is 426 g/mol. The van der Waals surface area contributed by atoms with Gasteiger partial charge in [-0.2, -0.15) is 0 Å². The van der Waals surface area contributed by atoms with Gasteiger partial charge in [0.2, 0.25) is 0 Å². The summed E-state index contributed by atoms with van der Waals surface area (Å²) in [7, 11) is 1.91. The summed E-state index contributed by atoms with van der Waals surface area (Å²) in [5.41, 5.74) is 1.73. The first-order valence-corrected chi connectivity index (χ1v) is 11.4. The lowest BCUT2D eigenvalue weighted by atomic mass is 10.0. The molecule has 0 aromatic heterocycles. The van der Waals surface area contributed by atoms with Crippen molar-refractivity contribution < 1.29 is 14.8 Å². The summed E-state index contributed by atoms with van der Waals surface area (Å²) in [5.74, 6) is 0.0252. The molecule has 0 spiro atoms. The summed E-state index contributed by atoms with van der Waals surface area (Å²) < 4.78 is 0. The van der Waals surface area contributed by atoms with Gasteiger partial charge in [0.05, 0.1) is 22.5 Å². The largest absolute Gasteiger partial charge is 0.395 e. The van der Waals surface area contributed by atoms with Gasteiger partial charge in [-0.25, -0.2) is 0 Å². The van der Waals surface area contributed by atoms with Crippen molar-refractivity contribution in [3.8, 4) is 0 Å². The number of aliphatic hydroxyl groups is 1. The Morgan fingerprint density at radius 3 is 2.62 bits per heavy atom. The second-order valence-electron chi connectivity index (χ2n) is 8.28. The number of hydrogen-bond donors (Lipinski definition) is 1. The van der Waals surface area contributed by atoms with Gasteiger partial charge in [0.25, 0.3) is 11.6 Å². The molecule has 1 aliphatic heterocycles. The van der Waals surface area contributed by atoms with Crippen LogP contribution >= 0.6 is 11.8 Å². The maximum atomic E-state index is 13.0. The normalized spacial score (nSPS) is 16.9. The number of nitro benzene ring substituents is 1. The number of carbonyl (C=O) groups excluding carboxylic acids is 1. The van der Waals surface area contributed by atoms with Gasteiger partial charge < -0.3 is 10.0 Å². The quantitative estimate of drug-likeness (QED) is 0.386. The molecular formula is C24H29N3O4S. The van der Waals surface area contributed by atoms with Crippen molar-refractivity contribution in [2.75, 3.05) is 33.3 Å². The van der Waals surface area contributed by atoms with Crippen molar-refractivity contribution >= 4 is 28.9 Å². The van der Waals surface area contributed by atoms with Gasteiger partial charge in [-0.05, 0) is 36.2 Å². The third-order valence-electron chi connectivity index (χ3n) is 5.80. The van der Waals surface area contributed by atoms with E-state index >= 15 is 0 Å². The maximum absolute atomic E-state index is 13.0. The third kappa shape index (κ3) is 5.20. The molecule has 0 saturated carbocycles. The van der Waals surface area contributed by atoms with E-state index in [0.29, 0.717) is 36.0 Å². The average Bonchev–Trinajstić information content (AvgIpc) is 2.78. The molecule has 1 unspecified atom stereocenters. The SMILES string of the molecule is C=C(C(=O)N1CCN(C)C(CO)C1)c1ccc(Sc2ccccc2C(C)C)c([N+](=O)[O-])c1. The Morgan fingerprint density at radius 2 is 1.97 bits per heavy atom.